The van der Waals surface area contributed by atoms with E-state index in [0.717, 1.165) is 29.8 Å². The number of para-hydroxylation sites is 2. The lowest BCUT2D eigenvalue weighted by Gasteiger charge is -2.20. The SMILES string of the molecule is COc1ccc(C(NC(=O)Nc2ccccc2-n2cccn2)C2CC2)cc1. The zero-order chi connectivity index (χ0) is 18.6. The van der Waals surface area contributed by atoms with Gasteiger partial charge in [0.2, 0.25) is 0 Å². The minimum absolute atomic E-state index is 0.00669. The third kappa shape index (κ3) is 3.95. The van der Waals surface area contributed by atoms with E-state index in [1.54, 1.807) is 18.0 Å². The van der Waals surface area contributed by atoms with Gasteiger partial charge in [-0.1, -0.05) is 24.3 Å². The van der Waals surface area contributed by atoms with Crippen LogP contribution in [0.15, 0.2) is 67.0 Å². The van der Waals surface area contributed by atoms with Gasteiger partial charge in [-0.2, -0.15) is 5.10 Å². The second kappa shape index (κ2) is 7.53. The van der Waals surface area contributed by atoms with E-state index >= 15 is 0 Å². The summed E-state index contributed by atoms with van der Waals surface area (Å²) in [5, 5.41) is 10.4. The molecule has 2 N–H and O–H groups in total. The summed E-state index contributed by atoms with van der Waals surface area (Å²) in [5.74, 6) is 1.29. The van der Waals surface area contributed by atoms with Crippen LogP contribution in [0, 0.1) is 5.92 Å². The Balaban J connectivity index is 1.50. The smallest absolute Gasteiger partial charge is 0.319 e. The fourth-order valence-corrected chi connectivity index (χ4v) is 3.20. The van der Waals surface area contributed by atoms with E-state index in [0.29, 0.717) is 11.6 Å². The van der Waals surface area contributed by atoms with Crippen molar-refractivity contribution in [3.8, 4) is 11.4 Å². The first kappa shape index (κ1) is 17.1. The molecule has 1 aliphatic rings. The first-order valence-electron chi connectivity index (χ1n) is 9.05. The van der Waals surface area contributed by atoms with Gasteiger partial charge in [0.15, 0.2) is 0 Å². The van der Waals surface area contributed by atoms with Crippen LogP contribution in [0.5, 0.6) is 5.75 Å². The maximum atomic E-state index is 12.7. The Morgan fingerprint density at radius 2 is 1.93 bits per heavy atom. The molecule has 0 spiro atoms. The highest BCUT2D eigenvalue weighted by molar-refractivity contribution is 5.91. The maximum absolute atomic E-state index is 12.7. The van der Waals surface area contributed by atoms with Crippen LogP contribution in [0.2, 0.25) is 0 Å². The van der Waals surface area contributed by atoms with Crippen LogP contribution in [0.1, 0.15) is 24.4 Å². The Morgan fingerprint density at radius 1 is 1.15 bits per heavy atom. The summed E-state index contributed by atoms with van der Waals surface area (Å²) in [6.07, 6.45) is 5.81. The van der Waals surface area contributed by atoms with Gasteiger partial charge in [0.1, 0.15) is 5.75 Å². The number of ether oxygens (including phenoxy) is 1. The number of hydrogen-bond acceptors (Lipinski definition) is 3. The fraction of sp³-hybridized carbons (Fsp3) is 0.238. The number of hydrogen-bond donors (Lipinski definition) is 2. The summed E-state index contributed by atoms with van der Waals surface area (Å²) < 4.78 is 6.96. The van der Waals surface area contributed by atoms with Gasteiger partial charge >= 0.3 is 6.03 Å². The van der Waals surface area contributed by atoms with Gasteiger partial charge in [0.05, 0.1) is 24.5 Å². The molecule has 1 fully saturated rings. The molecule has 0 aliphatic heterocycles. The van der Waals surface area contributed by atoms with Gasteiger partial charge in [-0.25, -0.2) is 9.48 Å². The van der Waals surface area contributed by atoms with Gasteiger partial charge in [-0.05, 0) is 54.7 Å². The minimum atomic E-state index is -0.220. The summed E-state index contributed by atoms with van der Waals surface area (Å²) in [7, 11) is 1.65. The van der Waals surface area contributed by atoms with Crippen LogP contribution in [-0.2, 0) is 0 Å². The molecule has 0 radical (unpaired) electrons. The minimum Gasteiger partial charge on any atom is -0.497 e. The predicted octanol–water partition coefficient (Wildman–Crippen LogP) is 4.15. The predicted molar refractivity (Wildman–Crippen MR) is 104 cm³/mol. The van der Waals surface area contributed by atoms with Crippen molar-refractivity contribution < 1.29 is 9.53 Å². The quantitative estimate of drug-likeness (QED) is 0.692. The molecular formula is C21H22N4O2. The van der Waals surface area contributed by atoms with Gasteiger partial charge < -0.3 is 15.4 Å². The number of benzene rings is 2. The zero-order valence-electron chi connectivity index (χ0n) is 15.1. The summed E-state index contributed by atoms with van der Waals surface area (Å²) in [6.45, 7) is 0. The highest BCUT2D eigenvalue weighted by Gasteiger charge is 2.33. The highest BCUT2D eigenvalue weighted by atomic mass is 16.5. The van der Waals surface area contributed by atoms with Crippen LogP contribution >= 0.6 is 0 Å². The number of rotatable bonds is 6. The summed E-state index contributed by atoms with van der Waals surface area (Å²) in [6, 6.07) is 17.1. The second-order valence-corrected chi connectivity index (χ2v) is 6.65. The van der Waals surface area contributed by atoms with E-state index in [1.807, 2.05) is 60.8 Å². The molecule has 0 saturated heterocycles. The molecule has 1 saturated carbocycles. The monoisotopic (exact) mass is 362 g/mol. The lowest BCUT2D eigenvalue weighted by Crippen LogP contribution is -2.34. The number of methoxy groups -OCH3 is 1. The van der Waals surface area contributed by atoms with Crippen molar-refractivity contribution in [2.24, 2.45) is 5.92 Å². The third-order valence-electron chi connectivity index (χ3n) is 4.76. The highest BCUT2D eigenvalue weighted by Crippen LogP contribution is 2.41. The first-order valence-corrected chi connectivity index (χ1v) is 9.05. The molecule has 4 rings (SSSR count). The standard InChI is InChI=1S/C21H22N4O2/c1-27-17-11-9-16(10-12-17)20(15-7-8-15)24-21(26)23-18-5-2-3-6-19(18)25-14-4-13-22-25/h2-6,9-15,20H,7-8H2,1H3,(H2,23,24,26). The molecular weight excluding hydrogens is 340 g/mol. The Bertz CT molecular complexity index is 902. The summed E-state index contributed by atoms with van der Waals surface area (Å²) in [5.41, 5.74) is 2.63. The summed E-state index contributed by atoms with van der Waals surface area (Å²) >= 11 is 0. The Labute approximate surface area is 158 Å². The molecule has 1 atom stereocenters. The number of nitrogens with zero attached hydrogens (tertiary/aromatic N) is 2. The average molecular weight is 362 g/mol. The van der Waals surface area contributed by atoms with E-state index < -0.39 is 0 Å². The number of nitrogens with one attached hydrogen (secondary N) is 2. The van der Waals surface area contributed by atoms with Crippen LogP contribution in [0.3, 0.4) is 0 Å². The third-order valence-corrected chi connectivity index (χ3v) is 4.76. The van der Waals surface area contributed by atoms with Crippen molar-refractivity contribution in [1.82, 2.24) is 15.1 Å². The van der Waals surface area contributed by atoms with Crippen molar-refractivity contribution in [2.75, 3.05) is 12.4 Å². The fourth-order valence-electron chi connectivity index (χ4n) is 3.20. The Morgan fingerprint density at radius 3 is 2.59 bits per heavy atom. The van der Waals surface area contributed by atoms with Crippen molar-refractivity contribution in [1.29, 1.82) is 0 Å². The van der Waals surface area contributed by atoms with Crippen molar-refractivity contribution >= 4 is 11.7 Å². The van der Waals surface area contributed by atoms with Crippen LogP contribution in [0.25, 0.3) is 5.69 Å². The van der Waals surface area contributed by atoms with E-state index in [2.05, 4.69) is 15.7 Å². The van der Waals surface area contributed by atoms with Crippen LogP contribution < -0.4 is 15.4 Å². The first-order chi connectivity index (χ1) is 13.2. The van der Waals surface area contributed by atoms with Crippen LogP contribution in [-0.4, -0.2) is 22.9 Å². The second-order valence-electron chi connectivity index (χ2n) is 6.65. The molecule has 1 heterocycles. The number of carbonyl (C=O) groups excluding carboxylic acids is 1. The normalized spacial score (nSPS) is 14.4. The van der Waals surface area contributed by atoms with Crippen molar-refractivity contribution in [3.63, 3.8) is 0 Å². The van der Waals surface area contributed by atoms with Gasteiger partial charge in [-0.15, -0.1) is 0 Å². The van der Waals surface area contributed by atoms with E-state index in [4.69, 9.17) is 4.74 Å². The Kier molecular flexibility index (Phi) is 4.78. The zero-order valence-corrected chi connectivity index (χ0v) is 15.1. The molecule has 1 aliphatic carbocycles. The number of aromatic nitrogens is 2. The number of carbonyl (C=O) groups is 1. The van der Waals surface area contributed by atoms with E-state index in [-0.39, 0.29) is 12.1 Å². The molecule has 0 bridgehead atoms. The molecule has 1 aromatic heterocycles. The van der Waals surface area contributed by atoms with E-state index in [1.165, 1.54) is 0 Å². The molecule has 1 unspecified atom stereocenters. The molecule has 2 amide bonds. The lowest BCUT2D eigenvalue weighted by atomic mass is 10.0. The number of amides is 2. The van der Waals surface area contributed by atoms with Crippen LogP contribution in [0.4, 0.5) is 10.5 Å². The number of urea groups is 1. The molecule has 138 valence electrons. The number of anilines is 1. The largest absolute Gasteiger partial charge is 0.497 e. The average Bonchev–Trinajstić information content (AvgIpc) is 3.40. The van der Waals surface area contributed by atoms with Gasteiger partial charge in [-0.3, -0.25) is 0 Å². The molecule has 27 heavy (non-hydrogen) atoms. The molecule has 3 aromatic rings. The lowest BCUT2D eigenvalue weighted by molar-refractivity contribution is 0.247. The maximum Gasteiger partial charge on any atom is 0.319 e. The molecule has 2 aromatic carbocycles. The summed E-state index contributed by atoms with van der Waals surface area (Å²) in [4.78, 5) is 12.7. The van der Waals surface area contributed by atoms with E-state index in [9.17, 15) is 4.79 Å². The topological polar surface area (TPSA) is 68.2 Å². The van der Waals surface area contributed by atoms with Gasteiger partial charge in [0.25, 0.3) is 0 Å². The molecule has 6 nitrogen and oxygen atoms in total. The van der Waals surface area contributed by atoms with Crippen molar-refractivity contribution in [3.05, 3.63) is 72.6 Å². The van der Waals surface area contributed by atoms with Crippen molar-refractivity contribution in [2.45, 2.75) is 18.9 Å². The Hall–Kier alpha value is -3.28. The molecule has 6 heteroatoms. The van der Waals surface area contributed by atoms with Gasteiger partial charge in [0, 0.05) is 12.4 Å².